The Hall–Kier alpha value is -0.830. The molecule has 3 nitrogen and oxygen atoms in total. The predicted molar refractivity (Wildman–Crippen MR) is 50.4 cm³/mol. The Kier molecular flexibility index (Phi) is 2.36. The van der Waals surface area contributed by atoms with Crippen LogP contribution in [-0.2, 0) is 6.42 Å². The lowest BCUT2D eigenvalue weighted by atomic mass is 9.81. The fourth-order valence-corrected chi connectivity index (χ4v) is 2.11. The van der Waals surface area contributed by atoms with Crippen molar-refractivity contribution in [3.8, 4) is 0 Å². The van der Waals surface area contributed by atoms with Crippen molar-refractivity contribution in [1.82, 2.24) is 5.16 Å². The summed E-state index contributed by atoms with van der Waals surface area (Å²) in [5.41, 5.74) is 6.96. The van der Waals surface area contributed by atoms with Crippen LogP contribution in [0.5, 0.6) is 0 Å². The van der Waals surface area contributed by atoms with E-state index < -0.39 is 0 Å². The second-order valence-electron chi connectivity index (χ2n) is 3.93. The molecule has 0 aromatic carbocycles. The van der Waals surface area contributed by atoms with Gasteiger partial charge < -0.3 is 10.3 Å². The zero-order chi connectivity index (χ0) is 9.26. The minimum absolute atomic E-state index is 0.497. The fourth-order valence-electron chi connectivity index (χ4n) is 2.11. The Labute approximate surface area is 78.3 Å². The van der Waals surface area contributed by atoms with Gasteiger partial charge in [0.15, 0.2) is 0 Å². The molecule has 0 bridgehead atoms. The smallest absolute Gasteiger partial charge is 0.143 e. The Morgan fingerprint density at radius 3 is 3.38 bits per heavy atom. The first kappa shape index (κ1) is 8.75. The Morgan fingerprint density at radius 2 is 2.62 bits per heavy atom. The van der Waals surface area contributed by atoms with Crippen molar-refractivity contribution in [2.75, 3.05) is 6.54 Å². The van der Waals surface area contributed by atoms with Gasteiger partial charge >= 0.3 is 0 Å². The molecule has 0 saturated heterocycles. The van der Waals surface area contributed by atoms with Crippen LogP contribution in [0.15, 0.2) is 10.7 Å². The molecule has 2 unspecified atom stereocenters. The summed E-state index contributed by atoms with van der Waals surface area (Å²) in [5, 5.41) is 3.85. The number of hydrogen-bond acceptors (Lipinski definition) is 3. The highest BCUT2D eigenvalue weighted by Crippen LogP contribution is 2.36. The number of rotatable bonds is 2. The number of nitrogens with zero attached hydrogens (tertiary/aromatic N) is 1. The van der Waals surface area contributed by atoms with Crippen LogP contribution in [0.2, 0.25) is 0 Å². The lowest BCUT2D eigenvalue weighted by molar-refractivity contribution is 0.298. The third-order valence-electron chi connectivity index (χ3n) is 3.03. The van der Waals surface area contributed by atoms with Gasteiger partial charge in [0.05, 0.1) is 6.20 Å². The summed E-state index contributed by atoms with van der Waals surface area (Å²) < 4.78 is 5.29. The summed E-state index contributed by atoms with van der Waals surface area (Å²) >= 11 is 0. The minimum atomic E-state index is 0.497. The largest absolute Gasteiger partial charge is 0.361 e. The fraction of sp³-hybridized carbons (Fsp3) is 0.700. The lowest BCUT2D eigenvalue weighted by Crippen LogP contribution is -2.21. The van der Waals surface area contributed by atoms with Crippen LogP contribution in [0, 0.1) is 5.92 Å². The van der Waals surface area contributed by atoms with Crippen LogP contribution in [0.1, 0.15) is 37.0 Å². The summed E-state index contributed by atoms with van der Waals surface area (Å²) in [6.45, 7) is 2.91. The van der Waals surface area contributed by atoms with Crippen molar-refractivity contribution in [2.45, 2.75) is 32.1 Å². The maximum Gasteiger partial charge on any atom is 0.143 e. The maximum atomic E-state index is 5.67. The van der Waals surface area contributed by atoms with Gasteiger partial charge in [-0.2, -0.15) is 0 Å². The van der Waals surface area contributed by atoms with Gasteiger partial charge in [-0.15, -0.1) is 0 Å². The van der Waals surface area contributed by atoms with Gasteiger partial charge in [-0.3, -0.25) is 0 Å². The number of aryl methyl sites for hydroxylation is 1. The van der Waals surface area contributed by atoms with E-state index in [-0.39, 0.29) is 0 Å². The van der Waals surface area contributed by atoms with E-state index in [0.29, 0.717) is 11.8 Å². The average Bonchev–Trinajstić information content (AvgIpc) is 2.63. The number of fused-ring (bicyclic) bond motifs is 1. The molecule has 0 fully saturated rings. The Morgan fingerprint density at radius 1 is 1.77 bits per heavy atom. The predicted octanol–water partition coefficient (Wildman–Crippen LogP) is 1.69. The van der Waals surface area contributed by atoms with Gasteiger partial charge in [0.2, 0.25) is 0 Å². The topological polar surface area (TPSA) is 52.0 Å². The molecule has 0 amide bonds. The van der Waals surface area contributed by atoms with Crippen molar-refractivity contribution in [3.05, 3.63) is 17.5 Å². The normalized spacial score (nSPS) is 24.0. The first-order valence-corrected chi connectivity index (χ1v) is 4.96. The number of hydrogen-bond donors (Lipinski definition) is 1. The van der Waals surface area contributed by atoms with Crippen molar-refractivity contribution in [2.24, 2.45) is 11.7 Å². The van der Waals surface area contributed by atoms with Crippen LogP contribution in [0.3, 0.4) is 0 Å². The van der Waals surface area contributed by atoms with E-state index in [9.17, 15) is 0 Å². The van der Waals surface area contributed by atoms with Gasteiger partial charge in [-0.1, -0.05) is 12.1 Å². The minimum Gasteiger partial charge on any atom is -0.361 e. The van der Waals surface area contributed by atoms with Crippen LogP contribution in [0.4, 0.5) is 0 Å². The molecule has 1 aliphatic rings. The molecule has 13 heavy (non-hydrogen) atoms. The summed E-state index contributed by atoms with van der Waals surface area (Å²) in [6, 6.07) is 0. The quantitative estimate of drug-likeness (QED) is 0.753. The Balaban J connectivity index is 2.24. The third-order valence-corrected chi connectivity index (χ3v) is 3.03. The third kappa shape index (κ3) is 1.48. The molecule has 2 rings (SSSR count). The molecule has 1 aliphatic carbocycles. The van der Waals surface area contributed by atoms with Gasteiger partial charge in [0.25, 0.3) is 0 Å². The van der Waals surface area contributed by atoms with Crippen LogP contribution < -0.4 is 5.73 Å². The molecule has 0 saturated carbocycles. The van der Waals surface area contributed by atoms with Crippen LogP contribution >= 0.6 is 0 Å². The van der Waals surface area contributed by atoms with Crippen molar-refractivity contribution in [3.63, 3.8) is 0 Å². The molecule has 2 N–H and O–H groups in total. The van der Waals surface area contributed by atoms with E-state index in [1.807, 2.05) is 6.20 Å². The number of nitrogens with two attached hydrogens (primary N) is 1. The molecule has 0 aliphatic heterocycles. The molecule has 2 atom stereocenters. The first-order chi connectivity index (χ1) is 6.33. The standard InChI is InChI=1S/C10H16N2O/c1-7(5-11)9-4-2-3-8-6-12-13-10(8)9/h6-7,9H,2-5,11H2,1H3. The van der Waals surface area contributed by atoms with E-state index in [2.05, 4.69) is 12.1 Å². The average molecular weight is 180 g/mol. The SMILES string of the molecule is CC(CN)C1CCCc2cnoc21. The van der Waals surface area contributed by atoms with E-state index in [4.69, 9.17) is 10.3 Å². The van der Waals surface area contributed by atoms with Crippen LogP contribution in [-0.4, -0.2) is 11.7 Å². The lowest BCUT2D eigenvalue weighted by Gasteiger charge is -2.24. The summed E-state index contributed by atoms with van der Waals surface area (Å²) in [4.78, 5) is 0. The first-order valence-electron chi connectivity index (χ1n) is 4.96. The van der Waals surface area contributed by atoms with Gasteiger partial charge in [0, 0.05) is 11.5 Å². The van der Waals surface area contributed by atoms with E-state index >= 15 is 0 Å². The molecular formula is C10H16N2O. The second-order valence-corrected chi connectivity index (χ2v) is 3.93. The molecular weight excluding hydrogens is 164 g/mol. The van der Waals surface area contributed by atoms with E-state index in [1.54, 1.807) is 0 Å². The highest BCUT2D eigenvalue weighted by molar-refractivity contribution is 5.21. The summed E-state index contributed by atoms with van der Waals surface area (Å²) in [6.07, 6.45) is 5.40. The maximum absolute atomic E-state index is 5.67. The highest BCUT2D eigenvalue weighted by Gasteiger charge is 2.28. The molecule has 1 aromatic rings. The molecule has 3 heteroatoms. The van der Waals surface area contributed by atoms with E-state index in [1.165, 1.54) is 18.4 Å². The van der Waals surface area contributed by atoms with Crippen molar-refractivity contribution < 1.29 is 4.52 Å². The molecule has 1 heterocycles. The van der Waals surface area contributed by atoms with Crippen molar-refractivity contribution in [1.29, 1.82) is 0 Å². The monoisotopic (exact) mass is 180 g/mol. The second kappa shape index (κ2) is 3.50. The molecule has 0 spiro atoms. The van der Waals surface area contributed by atoms with Crippen molar-refractivity contribution >= 4 is 0 Å². The molecule has 72 valence electrons. The van der Waals surface area contributed by atoms with E-state index in [0.717, 1.165) is 18.7 Å². The van der Waals surface area contributed by atoms with Gasteiger partial charge in [-0.05, 0) is 31.7 Å². The zero-order valence-electron chi connectivity index (χ0n) is 7.99. The van der Waals surface area contributed by atoms with Crippen LogP contribution in [0.25, 0.3) is 0 Å². The molecule has 0 radical (unpaired) electrons. The number of aromatic nitrogens is 1. The zero-order valence-corrected chi connectivity index (χ0v) is 7.99. The summed E-state index contributed by atoms with van der Waals surface area (Å²) in [7, 11) is 0. The van der Waals surface area contributed by atoms with Gasteiger partial charge in [-0.25, -0.2) is 0 Å². The molecule has 1 aromatic heterocycles. The Bertz CT molecular complexity index is 282. The van der Waals surface area contributed by atoms with Gasteiger partial charge in [0.1, 0.15) is 5.76 Å². The summed E-state index contributed by atoms with van der Waals surface area (Å²) in [5.74, 6) is 2.09. The highest BCUT2D eigenvalue weighted by atomic mass is 16.5.